The summed E-state index contributed by atoms with van der Waals surface area (Å²) in [6, 6.07) is 6.11. The molecular formula is C13H12O. The first-order valence-electron chi connectivity index (χ1n) is 4.54. The van der Waals surface area contributed by atoms with E-state index in [1.54, 1.807) is 6.08 Å². The van der Waals surface area contributed by atoms with Crippen LogP contribution in [0.4, 0.5) is 0 Å². The average Bonchev–Trinajstić information content (AvgIpc) is 2.54. The minimum Gasteiger partial charge on any atom is -0.456 e. The van der Waals surface area contributed by atoms with Crippen LogP contribution in [0, 0.1) is 6.92 Å². The largest absolute Gasteiger partial charge is 0.456 e. The minimum atomic E-state index is 0.792. The molecule has 14 heavy (non-hydrogen) atoms. The molecule has 0 bridgehead atoms. The molecule has 2 rings (SSSR count). The highest BCUT2D eigenvalue weighted by Gasteiger charge is 2.08. The van der Waals surface area contributed by atoms with Crippen molar-refractivity contribution in [2.24, 2.45) is 0 Å². The van der Waals surface area contributed by atoms with E-state index in [1.807, 2.05) is 18.2 Å². The lowest BCUT2D eigenvalue weighted by Crippen LogP contribution is -1.73. The Kier molecular flexibility index (Phi) is 2.01. The molecule has 1 heteroatoms. The van der Waals surface area contributed by atoms with Crippen LogP contribution in [0.15, 0.2) is 35.8 Å². The fourth-order valence-electron chi connectivity index (χ4n) is 1.61. The second kappa shape index (κ2) is 3.18. The van der Waals surface area contributed by atoms with Crippen molar-refractivity contribution in [3.63, 3.8) is 0 Å². The Balaban J connectivity index is 2.87. The molecule has 0 spiro atoms. The monoisotopic (exact) mass is 184 g/mol. The molecule has 2 aromatic rings. The molecule has 0 N–H and O–H groups in total. The first-order valence-corrected chi connectivity index (χ1v) is 4.54. The first kappa shape index (κ1) is 8.82. The van der Waals surface area contributed by atoms with Gasteiger partial charge in [0.15, 0.2) is 0 Å². The highest BCUT2D eigenvalue weighted by molar-refractivity contribution is 5.91. The zero-order valence-electron chi connectivity index (χ0n) is 8.21. The third-order valence-corrected chi connectivity index (χ3v) is 2.30. The van der Waals surface area contributed by atoms with Crippen molar-refractivity contribution in [2.45, 2.75) is 6.92 Å². The molecule has 0 atom stereocenters. The molecule has 1 aromatic heterocycles. The standard InChI is InChI=1S/C13H12O/c1-4-10-11-8-9(3)6-7-13(11)14-12(10)5-2/h4-8H,1-2H2,3H3. The Morgan fingerprint density at radius 2 is 2.00 bits per heavy atom. The van der Waals surface area contributed by atoms with Crippen LogP contribution in [0.5, 0.6) is 0 Å². The van der Waals surface area contributed by atoms with Crippen molar-refractivity contribution >= 4 is 23.1 Å². The third kappa shape index (κ3) is 1.18. The van der Waals surface area contributed by atoms with Crippen LogP contribution in [0.3, 0.4) is 0 Å². The maximum atomic E-state index is 5.60. The van der Waals surface area contributed by atoms with Crippen molar-refractivity contribution in [1.29, 1.82) is 0 Å². The van der Waals surface area contributed by atoms with Crippen LogP contribution in [-0.2, 0) is 0 Å². The summed E-state index contributed by atoms with van der Waals surface area (Å²) in [6.45, 7) is 9.56. The molecule has 0 saturated heterocycles. The summed E-state index contributed by atoms with van der Waals surface area (Å²) < 4.78 is 5.60. The highest BCUT2D eigenvalue weighted by Crippen LogP contribution is 2.28. The van der Waals surface area contributed by atoms with Crippen LogP contribution in [0.2, 0.25) is 0 Å². The van der Waals surface area contributed by atoms with Crippen LogP contribution in [0.25, 0.3) is 23.1 Å². The zero-order chi connectivity index (χ0) is 10.1. The predicted molar refractivity (Wildman–Crippen MR) is 61.1 cm³/mol. The van der Waals surface area contributed by atoms with Gasteiger partial charge in [0.1, 0.15) is 11.3 Å². The number of rotatable bonds is 2. The summed E-state index contributed by atoms with van der Waals surface area (Å²) in [5.74, 6) is 0.792. The topological polar surface area (TPSA) is 13.1 Å². The maximum absolute atomic E-state index is 5.60. The molecule has 0 unspecified atom stereocenters. The Morgan fingerprint density at radius 3 is 2.64 bits per heavy atom. The van der Waals surface area contributed by atoms with Crippen molar-refractivity contribution in [3.05, 3.63) is 48.2 Å². The van der Waals surface area contributed by atoms with Crippen LogP contribution >= 0.6 is 0 Å². The van der Waals surface area contributed by atoms with E-state index in [9.17, 15) is 0 Å². The maximum Gasteiger partial charge on any atom is 0.135 e. The van der Waals surface area contributed by atoms with Gasteiger partial charge in [-0.1, -0.05) is 30.9 Å². The van der Waals surface area contributed by atoms with Gasteiger partial charge in [-0.3, -0.25) is 0 Å². The summed E-state index contributed by atoms with van der Waals surface area (Å²) in [5, 5.41) is 1.11. The molecule has 1 heterocycles. The number of fused-ring (bicyclic) bond motifs is 1. The number of furan rings is 1. The minimum absolute atomic E-state index is 0.792. The quantitative estimate of drug-likeness (QED) is 0.686. The molecule has 0 aliphatic carbocycles. The van der Waals surface area contributed by atoms with E-state index in [4.69, 9.17) is 4.42 Å². The van der Waals surface area contributed by atoms with Crippen LogP contribution in [0.1, 0.15) is 16.9 Å². The fraction of sp³-hybridized carbons (Fsp3) is 0.0769. The second-order valence-electron chi connectivity index (χ2n) is 3.29. The number of hydrogen-bond donors (Lipinski definition) is 0. The Labute approximate surface area is 83.4 Å². The smallest absolute Gasteiger partial charge is 0.135 e. The molecule has 0 radical (unpaired) electrons. The van der Waals surface area contributed by atoms with Gasteiger partial charge in [-0.2, -0.15) is 0 Å². The van der Waals surface area contributed by atoms with Gasteiger partial charge in [-0.15, -0.1) is 0 Å². The van der Waals surface area contributed by atoms with E-state index in [2.05, 4.69) is 26.1 Å². The molecule has 70 valence electrons. The van der Waals surface area contributed by atoms with Crippen molar-refractivity contribution < 1.29 is 4.42 Å². The molecule has 1 aromatic carbocycles. The number of aryl methyl sites for hydroxylation is 1. The molecule has 0 fully saturated rings. The van der Waals surface area contributed by atoms with Gasteiger partial charge in [-0.25, -0.2) is 0 Å². The molecule has 0 saturated carbocycles. The number of benzene rings is 1. The fourth-order valence-corrected chi connectivity index (χ4v) is 1.61. The summed E-state index contributed by atoms with van der Waals surface area (Å²) >= 11 is 0. The van der Waals surface area contributed by atoms with E-state index in [-0.39, 0.29) is 0 Å². The Bertz CT molecular complexity index is 503. The van der Waals surface area contributed by atoms with Gasteiger partial charge in [0.05, 0.1) is 0 Å². The summed E-state index contributed by atoms with van der Waals surface area (Å²) in [6.07, 6.45) is 3.52. The van der Waals surface area contributed by atoms with Crippen molar-refractivity contribution in [3.8, 4) is 0 Å². The Hall–Kier alpha value is -1.76. The molecular weight excluding hydrogens is 172 g/mol. The van der Waals surface area contributed by atoms with E-state index in [1.165, 1.54) is 5.56 Å². The normalized spacial score (nSPS) is 10.4. The van der Waals surface area contributed by atoms with Gasteiger partial charge in [0.2, 0.25) is 0 Å². The zero-order valence-corrected chi connectivity index (χ0v) is 8.21. The van der Waals surface area contributed by atoms with Gasteiger partial charge in [-0.05, 0) is 25.1 Å². The van der Waals surface area contributed by atoms with Crippen LogP contribution < -0.4 is 0 Å². The van der Waals surface area contributed by atoms with E-state index >= 15 is 0 Å². The lowest BCUT2D eigenvalue weighted by atomic mass is 10.1. The lowest BCUT2D eigenvalue weighted by molar-refractivity contribution is 0.603. The summed E-state index contributed by atoms with van der Waals surface area (Å²) in [4.78, 5) is 0. The van der Waals surface area contributed by atoms with Gasteiger partial charge in [0, 0.05) is 10.9 Å². The number of hydrogen-bond acceptors (Lipinski definition) is 1. The van der Waals surface area contributed by atoms with E-state index < -0.39 is 0 Å². The van der Waals surface area contributed by atoms with Gasteiger partial charge < -0.3 is 4.42 Å². The summed E-state index contributed by atoms with van der Waals surface area (Å²) in [5.41, 5.74) is 3.14. The SMILES string of the molecule is C=Cc1oc2ccc(C)cc2c1C=C. The average molecular weight is 184 g/mol. The highest BCUT2D eigenvalue weighted by atomic mass is 16.3. The van der Waals surface area contributed by atoms with Crippen molar-refractivity contribution in [2.75, 3.05) is 0 Å². The first-order chi connectivity index (χ1) is 6.76. The van der Waals surface area contributed by atoms with Crippen LogP contribution in [-0.4, -0.2) is 0 Å². The summed E-state index contributed by atoms with van der Waals surface area (Å²) in [7, 11) is 0. The van der Waals surface area contributed by atoms with E-state index in [0.29, 0.717) is 0 Å². The molecule has 0 aliphatic heterocycles. The Morgan fingerprint density at radius 1 is 1.21 bits per heavy atom. The third-order valence-electron chi connectivity index (χ3n) is 2.30. The molecule has 0 amide bonds. The second-order valence-corrected chi connectivity index (χ2v) is 3.29. The van der Waals surface area contributed by atoms with E-state index in [0.717, 1.165) is 22.3 Å². The lowest BCUT2D eigenvalue weighted by Gasteiger charge is -1.92. The molecule has 0 aliphatic rings. The van der Waals surface area contributed by atoms with Crippen molar-refractivity contribution in [1.82, 2.24) is 0 Å². The predicted octanol–water partition coefficient (Wildman–Crippen LogP) is 4.03. The molecule has 1 nitrogen and oxygen atoms in total. The van der Waals surface area contributed by atoms with Gasteiger partial charge in [0.25, 0.3) is 0 Å². The van der Waals surface area contributed by atoms with Gasteiger partial charge >= 0.3 is 0 Å².